The molecule has 0 saturated heterocycles. The van der Waals surface area contributed by atoms with Crippen LogP contribution in [0.2, 0.25) is 0 Å². The Bertz CT molecular complexity index is 1120. The van der Waals surface area contributed by atoms with Crippen molar-refractivity contribution in [2.45, 2.75) is 24.9 Å². The summed E-state index contributed by atoms with van der Waals surface area (Å²) in [5.74, 6) is 8.86. The average Bonchev–Trinajstić information content (AvgIpc) is 3.33. The highest BCUT2D eigenvalue weighted by molar-refractivity contribution is 7.10. The van der Waals surface area contributed by atoms with Gasteiger partial charge in [-0.05, 0) is 60.4 Å². The van der Waals surface area contributed by atoms with E-state index in [-0.39, 0.29) is 5.56 Å². The Morgan fingerprint density at radius 1 is 1.09 bits per heavy atom. The van der Waals surface area contributed by atoms with Crippen molar-refractivity contribution in [3.8, 4) is 23.7 Å². The maximum absolute atomic E-state index is 13.8. The largest absolute Gasteiger partial charge is 0.341 e. The quantitative estimate of drug-likeness (QED) is 0.249. The smallest absolute Gasteiger partial charge is 0.315 e. The van der Waals surface area contributed by atoms with Crippen LogP contribution >= 0.6 is 11.3 Å². The summed E-state index contributed by atoms with van der Waals surface area (Å²) >= 11 is 1.49. The van der Waals surface area contributed by atoms with Crippen LogP contribution in [0, 0.1) is 23.7 Å². The number of urea groups is 1. The van der Waals surface area contributed by atoms with E-state index in [4.69, 9.17) is 5.21 Å². The molecule has 0 aliphatic heterocycles. The maximum Gasteiger partial charge on any atom is 0.315 e. The number of amides is 4. The summed E-state index contributed by atoms with van der Waals surface area (Å²) in [6.07, 6.45) is -3.27. The van der Waals surface area contributed by atoms with Gasteiger partial charge in [-0.3, -0.25) is 14.8 Å². The molecule has 1 heterocycles. The third-order valence-corrected chi connectivity index (χ3v) is 5.22. The van der Waals surface area contributed by atoms with Crippen molar-refractivity contribution in [1.29, 1.82) is 0 Å². The first kappa shape index (κ1) is 25.3. The summed E-state index contributed by atoms with van der Waals surface area (Å²) in [5.41, 5.74) is -0.709. The molecule has 0 aliphatic carbocycles. The molecule has 2 aromatic rings. The van der Waals surface area contributed by atoms with E-state index in [1.54, 1.807) is 0 Å². The number of thiophene rings is 1. The minimum Gasteiger partial charge on any atom is -0.341 e. The summed E-state index contributed by atoms with van der Waals surface area (Å²) in [5, 5.41) is 17.0. The second-order valence-electron chi connectivity index (χ2n) is 6.72. The number of nitrogens with one attached hydrogen (secondary N) is 4. The Kier molecular flexibility index (Phi) is 8.92. The molecule has 0 spiro atoms. The number of hydrogen-bond donors (Lipinski definition) is 5. The molecule has 1 aromatic heterocycles. The van der Waals surface area contributed by atoms with Crippen LogP contribution in [-0.4, -0.2) is 48.1 Å². The molecule has 0 radical (unpaired) electrons. The van der Waals surface area contributed by atoms with Crippen molar-refractivity contribution in [1.82, 2.24) is 21.4 Å². The number of hydrogen-bond acceptors (Lipinski definition) is 5. The summed E-state index contributed by atoms with van der Waals surface area (Å²) < 4.78 is 27.6. The van der Waals surface area contributed by atoms with Gasteiger partial charge in [0.15, 0.2) is 0 Å². The fraction of sp³-hybridized carbons (Fsp3) is 0.227. The first-order valence-corrected chi connectivity index (χ1v) is 10.3. The molecule has 2 rings (SSSR count). The van der Waals surface area contributed by atoms with E-state index in [0.717, 1.165) is 11.8 Å². The minimum atomic E-state index is -3.27. The van der Waals surface area contributed by atoms with Gasteiger partial charge in [-0.1, -0.05) is 12.0 Å². The van der Waals surface area contributed by atoms with Crippen LogP contribution in [0.15, 0.2) is 41.8 Å². The molecule has 11 heteroatoms. The number of alkyl halides is 2. The zero-order valence-electron chi connectivity index (χ0n) is 17.5. The van der Waals surface area contributed by atoms with E-state index in [9.17, 15) is 23.2 Å². The normalized spacial score (nSPS) is 12.7. The number of carbonyl (C=O) groups is 3. The van der Waals surface area contributed by atoms with E-state index in [1.807, 2.05) is 22.8 Å². The number of carbonyl (C=O) groups excluding carboxylic acids is 3. The van der Waals surface area contributed by atoms with Gasteiger partial charge in [0, 0.05) is 18.2 Å². The zero-order chi connectivity index (χ0) is 24.4. The number of rotatable bonds is 6. The van der Waals surface area contributed by atoms with Crippen LogP contribution in [0.5, 0.6) is 0 Å². The van der Waals surface area contributed by atoms with Crippen molar-refractivity contribution in [2.24, 2.45) is 0 Å². The van der Waals surface area contributed by atoms with Gasteiger partial charge < -0.3 is 16.0 Å². The predicted molar refractivity (Wildman–Crippen MR) is 118 cm³/mol. The fourth-order valence-corrected chi connectivity index (χ4v) is 3.15. The van der Waals surface area contributed by atoms with Crippen molar-refractivity contribution < 1.29 is 28.4 Å². The van der Waals surface area contributed by atoms with E-state index in [1.165, 1.54) is 48.1 Å². The van der Waals surface area contributed by atoms with Gasteiger partial charge in [-0.2, -0.15) is 0 Å². The number of hydroxylamine groups is 1. The van der Waals surface area contributed by atoms with E-state index >= 15 is 0 Å². The van der Waals surface area contributed by atoms with E-state index in [0.29, 0.717) is 5.56 Å². The molecule has 2 unspecified atom stereocenters. The summed E-state index contributed by atoms with van der Waals surface area (Å²) in [7, 11) is 1.19. The van der Waals surface area contributed by atoms with Gasteiger partial charge >= 0.3 is 6.03 Å². The Hall–Kier alpha value is -3.93. The van der Waals surface area contributed by atoms with Crippen LogP contribution in [-0.2, 0) is 4.79 Å². The molecule has 172 valence electrons. The van der Waals surface area contributed by atoms with Gasteiger partial charge in [0.05, 0.1) is 4.88 Å². The SMILES string of the molecule is CNC(=O)NC(C)(C(F)F)C(NC(=O)c1ccc(C#CC#Cc2cccs2)cc1)C(=O)NO. The highest BCUT2D eigenvalue weighted by atomic mass is 32.1. The fourth-order valence-electron chi connectivity index (χ4n) is 2.58. The van der Waals surface area contributed by atoms with E-state index in [2.05, 4.69) is 34.3 Å². The van der Waals surface area contributed by atoms with Crippen LogP contribution < -0.4 is 21.4 Å². The molecular formula is C22H20F2N4O4S. The third kappa shape index (κ3) is 6.77. The van der Waals surface area contributed by atoms with Crippen LogP contribution in [0.4, 0.5) is 13.6 Å². The lowest BCUT2D eigenvalue weighted by atomic mass is 9.91. The zero-order valence-corrected chi connectivity index (χ0v) is 18.3. The van der Waals surface area contributed by atoms with Crippen molar-refractivity contribution >= 4 is 29.2 Å². The van der Waals surface area contributed by atoms with Crippen LogP contribution in [0.1, 0.15) is 27.7 Å². The topological polar surface area (TPSA) is 120 Å². The van der Waals surface area contributed by atoms with Crippen molar-refractivity contribution in [3.05, 3.63) is 57.8 Å². The Labute approximate surface area is 192 Å². The summed E-state index contributed by atoms with van der Waals surface area (Å²) in [4.78, 5) is 37.2. The lowest BCUT2D eigenvalue weighted by Crippen LogP contribution is -2.69. The molecule has 0 aliphatic rings. The van der Waals surface area contributed by atoms with Crippen molar-refractivity contribution in [2.75, 3.05) is 7.05 Å². The van der Waals surface area contributed by atoms with Crippen molar-refractivity contribution in [3.63, 3.8) is 0 Å². The third-order valence-electron chi connectivity index (χ3n) is 4.43. The molecule has 0 bridgehead atoms. The second kappa shape index (κ2) is 11.6. The first-order chi connectivity index (χ1) is 15.7. The van der Waals surface area contributed by atoms with E-state index < -0.39 is 35.9 Å². The minimum absolute atomic E-state index is 0.0394. The lowest BCUT2D eigenvalue weighted by Gasteiger charge is -2.36. The summed E-state index contributed by atoms with van der Waals surface area (Å²) in [6.45, 7) is 0.864. The van der Waals surface area contributed by atoms with Gasteiger partial charge in [0.25, 0.3) is 18.2 Å². The molecule has 1 aromatic carbocycles. The molecular weight excluding hydrogens is 454 g/mol. The standard InChI is InChI=1S/C22H20F2N4O4S/c1-22(20(23)24,27-21(31)25-2)17(19(30)28-32)26-18(29)15-11-9-14(10-12-15)6-3-4-7-16-8-5-13-33-16/h5,8-13,17,20,32H,1-2H3,(H,26,29)(H,28,30)(H2,25,27,31). The molecule has 5 N–H and O–H groups in total. The first-order valence-electron chi connectivity index (χ1n) is 9.39. The molecule has 0 fully saturated rings. The predicted octanol–water partition coefficient (Wildman–Crippen LogP) is 1.71. The highest BCUT2D eigenvalue weighted by Gasteiger charge is 2.48. The van der Waals surface area contributed by atoms with Crippen LogP contribution in [0.25, 0.3) is 0 Å². The molecule has 0 saturated carbocycles. The van der Waals surface area contributed by atoms with Gasteiger partial charge in [0.1, 0.15) is 11.6 Å². The average molecular weight is 474 g/mol. The van der Waals surface area contributed by atoms with Gasteiger partial charge in [-0.25, -0.2) is 19.1 Å². The molecule has 2 atom stereocenters. The van der Waals surface area contributed by atoms with Crippen LogP contribution in [0.3, 0.4) is 0 Å². The monoisotopic (exact) mass is 474 g/mol. The Balaban J connectivity index is 2.19. The lowest BCUT2D eigenvalue weighted by molar-refractivity contribution is -0.135. The maximum atomic E-state index is 13.8. The number of benzene rings is 1. The Morgan fingerprint density at radius 3 is 2.30 bits per heavy atom. The second-order valence-corrected chi connectivity index (χ2v) is 7.67. The highest BCUT2D eigenvalue weighted by Crippen LogP contribution is 2.21. The van der Waals surface area contributed by atoms with Gasteiger partial charge in [-0.15, -0.1) is 11.3 Å². The summed E-state index contributed by atoms with van der Waals surface area (Å²) in [6, 6.07) is 6.53. The number of halogens is 2. The molecule has 8 nitrogen and oxygen atoms in total. The molecule has 33 heavy (non-hydrogen) atoms. The Morgan fingerprint density at radius 2 is 1.76 bits per heavy atom. The van der Waals surface area contributed by atoms with Gasteiger partial charge in [0.2, 0.25) is 0 Å². The molecule has 4 amide bonds.